The van der Waals surface area contributed by atoms with Crippen LogP contribution < -0.4 is 5.32 Å². The summed E-state index contributed by atoms with van der Waals surface area (Å²) in [6.45, 7) is 4.95. The van der Waals surface area contributed by atoms with E-state index in [0.717, 1.165) is 38.5 Å². The van der Waals surface area contributed by atoms with Gasteiger partial charge in [0, 0.05) is 12.8 Å². The number of hydrogen-bond acceptors (Lipinski definition) is 5. The molecule has 0 aromatic heterocycles. The second kappa shape index (κ2) is 73.1. The van der Waals surface area contributed by atoms with Gasteiger partial charge in [-0.2, -0.15) is 0 Å². The van der Waals surface area contributed by atoms with Crippen LogP contribution in [0.3, 0.4) is 0 Å². The van der Waals surface area contributed by atoms with E-state index < -0.39 is 12.1 Å². The van der Waals surface area contributed by atoms with Crippen LogP contribution in [0, 0.1) is 0 Å². The molecule has 6 nitrogen and oxygen atoms in total. The summed E-state index contributed by atoms with van der Waals surface area (Å²) in [5.74, 6) is -0.0325. The molecule has 0 aliphatic heterocycles. The lowest BCUT2D eigenvalue weighted by molar-refractivity contribution is -0.143. The van der Waals surface area contributed by atoms with Crippen LogP contribution in [0.1, 0.15) is 444 Å². The molecule has 0 saturated carbocycles. The maximum atomic E-state index is 12.5. The number of aliphatic hydroxyl groups is 2. The van der Waals surface area contributed by atoms with Gasteiger partial charge in [0.25, 0.3) is 0 Å². The molecule has 0 bridgehead atoms. The van der Waals surface area contributed by atoms with E-state index in [1.54, 1.807) is 6.08 Å². The van der Waals surface area contributed by atoms with Crippen LogP contribution in [0.4, 0.5) is 0 Å². The quantitative estimate of drug-likeness (QED) is 0.0320. The topological polar surface area (TPSA) is 95.9 Å². The third kappa shape index (κ3) is 69.6. The second-order valence-electron chi connectivity index (χ2n) is 26.7. The molecule has 0 spiro atoms. The van der Waals surface area contributed by atoms with Gasteiger partial charge in [-0.1, -0.05) is 411 Å². The zero-order chi connectivity index (χ0) is 59.9. The van der Waals surface area contributed by atoms with Gasteiger partial charge in [0.2, 0.25) is 5.91 Å². The first-order valence-electron chi connectivity index (χ1n) is 38.5. The molecule has 6 heteroatoms. The van der Waals surface area contributed by atoms with Gasteiger partial charge < -0.3 is 20.3 Å². The molecule has 2 atom stereocenters. The molecular weight excluding hydrogens is 1020 g/mol. The van der Waals surface area contributed by atoms with E-state index in [4.69, 9.17) is 4.74 Å². The first kappa shape index (κ1) is 81.6. The van der Waals surface area contributed by atoms with Crippen molar-refractivity contribution < 1.29 is 24.5 Å². The monoisotopic (exact) mass is 1170 g/mol. The van der Waals surface area contributed by atoms with Gasteiger partial charge in [0.1, 0.15) is 0 Å². The third-order valence-electron chi connectivity index (χ3n) is 18.3. The van der Waals surface area contributed by atoms with E-state index >= 15 is 0 Å². The minimum atomic E-state index is -0.839. The van der Waals surface area contributed by atoms with Crippen molar-refractivity contribution in [1.82, 2.24) is 5.32 Å². The normalized spacial score (nSPS) is 12.5. The Hall–Kier alpha value is -1.40. The average molecular weight is 1170 g/mol. The predicted octanol–water partition coefficient (Wildman–Crippen LogP) is 25.1. The van der Waals surface area contributed by atoms with Gasteiger partial charge in [0.05, 0.1) is 25.4 Å². The number of carbonyl (C=O) groups excluding carboxylic acids is 2. The SMILES string of the molecule is CCCCCCCCCCCCCCC/C=C/C(O)C(CO)NC(=O)CCCCCCCCCCCCCCCCCCCCCCCCCCCCCCCCCCCCCCCOC(=O)CCCCCCCCCCCCCCCC. The van der Waals surface area contributed by atoms with Crippen molar-refractivity contribution in [3.63, 3.8) is 0 Å². The highest BCUT2D eigenvalue weighted by atomic mass is 16.5. The molecular formula is C77H151NO5. The van der Waals surface area contributed by atoms with Gasteiger partial charge >= 0.3 is 5.97 Å². The van der Waals surface area contributed by atoms with E-state index in [2.05, 4.69) is 19.2 Å². The first-order chi connectivity index (χ1) is 41.0. The summed E-state index contributed by atoms with van der Waals surface area (Å²) in [5, 5.41) is 23.2. The number of carbonyl (C=O) groups is 2. The molecule has 0 fully saturated rings. The van der Waals surface area contributed by atoms with Gasteiger partial charge in [0.15, 0.2) is 0 Å². The largest absolute Gasteiger partial charge is 0.466 e. The second-order valence-corrected chi connectivity index (χ2v) is 26.7. The van der Waals surface area contributed by atoms with Crippen LogP contribution in [-0.4, -0.2) is 47.4 Å². The Morgan fingerprint density at radius 2 is 0.554 bits per heavy atom. The molecule has 3 N–H and O–H groups in total. The highest BCUT2D eigenvalue weighted by Crippen LogP contribution is 2.20. The lowest BCUT2D eigenvalue weighted by Gasteiger charge is -2.20. The van der Waals surface area contributed by atoms with E-state index in [1.165, 1.54) is 379 Å². The number of ether oxygens (including phenoxy) is 1. The first-order valence-corrected chi connectivity index (χ1v) is 38.5. The summed E-state index contributed by atoms with van der Waals surface area (Å²) in [6, 6.07) is -0.622. The van der Waals surface area contributed by atoms with Crippen LogP contribution >= 0.6 is 0 Å². The molecule has 0 saturated heterocycles. The number of nitrogens with one attached hydrogen (secondary N) is 1. The van der Waals surface area contributed by atoms with Crippen molar-refractivity contribution in [3.8, 4) is 0 Å². The number of amides is 1. The van der Waals surface area contributed by atoms with Crippen molar-refractivity contribution in [2.24, 2.45) is 0 Å². The van der Waals surface area contributed by atoms with Crippen molar-refractivity contribution >= 4 is 11.9 Å². The number of allylic oxidation sites excluding steroid dienone is 1. The Morgan fingerprint density at radius 3 is 0.819 bits per heavy atom. The summed E-state index contributed by atoms with van der Waals surface area (Å²) >= 11 is 0. The molecule has 0 rings (SSSR count). The third-order valence-corrected chi connectivity index (χ3v) is 18.3. The summed E-state index contributed by atoms with van der Waals surface area (Å²) < 4.78 is 5.50. The Kier molecular flexibility index (Phi) is 71.8. The molecule has 0 aliphatic carbocycles. The molecule has 494 valence electrons. The molecule has 0 heterocycles. The van der Waals surface area contributed by atoms with E-state index in [1.807, 2.05) is 6.08 Å². The van der Waals surface area contributed by atoms with E-state index in [9.17, 15) is 19.8 Å². The number of unbranched alkanes of at least 4 members (excludes halogenated alkanes) is 62. The van der Waals surface area contributed by atoms with Gasteiger partial charge in [-0.25, -0.2) is 0 Å². The van der Waals surface area contributed by atoms with Gasteiger partial charge in [-0.05, 0) is 32.1 Å². The number of aliphatic hydroxyl groups excluding tert-OH is 2. The van der Waals surface area contributed by atoms with Crippen molar-refractivity contribution in [3.05, 3.63) is 12.2 Å². The Balaban J connectivity index is 3.29. The number of esters is 1. The summed E-state index contributed by atoms with van der Waals surface area (Å²) in [7, 11) is 0. The fourth-order valence-corrected chi connectivity index (χ4v) is 12.5. The van der Waals surface area contributed by atoms with E-state index in [-0.39, 0.29) is 18.5 Å². The maximum Gasteiger partial charge on any atom is 0.305 e. The molecule has 1 amide bonds. The highest BCUT2D eigenvalue weighted by molar-refractivity contribution is 5.76. The Labute approximate surface area is 520 Å². The maximum absolute atomic E-state index is 12.5. The van der Waals surface area contributed by atoms with Crippen molar-refractivity contribution in [1.29, 1.82) is 0 Å². The van der Waals surface area contributed by atoms with Gasteiger partial charge in [-0.15, -0.1) is 0 Å². The fraction of sp³-hybridized carbons (Fsp3) is 0.948. The number of rotatable bonds is 73. The molecule has 0 aliphatic rings. The molecule has 83 heavy (non-hydrogen) atoms. The van der Waals surface area contributed by atoms with Crippen LogP contribution in [-0.2, 0) is 14.3 Å². The van der Waals surface area contributed by atoms with Crippen LogP contribution in [0.2, 0.25) is 0 Å². The van der Waals surface area contributed by atoms with Crippen molar-refractivity contribution in [2.45, 2.75) is 456 Å². The zero-order valence-corrected chi connectivity index (χ0v) is 56.7. The fourth-order valence-electron chi connectivity index (χ4n) is 12.5. The molecule has 0 aromatic rings. The molecule has 2 unspecified atom stereocenters. The lowest BCUT2D eigenvalue weighted by atomic mass is 10.0. The van der Waals surface area contributed by atoms with Crippen molar-refractivity contribution in [2.75, 3.05) is 13.2 Å². The molecule has 0 radical (unpaired) electrons. The lowest BCUT2D eigenvalue weighted by Crippen LogP contribution is -2.45. The smallest absolute Gasteiger partial charge is 0.305 e. The minimum absolute atomic E-state index is 0.0264. The van der Waals surface area contributed by atoms with Crippen LogP contribution in [0.15, 0.2) is 12.2 Å². The minimum Gasteiger partial charge on any atom is -0.466 e. The summed E-state index contributed by atoms with van der Waals surface area (Å²) in [6.07, 6.45) is 91.9. The molecule has 0 aromatic carbocycles. The van der Waals surface area contributed by atoms with E-state index in [0.29, 0.717) is 19.4 Å². The highest BCUT2D eigenvalue weighted by Gasteiger charge is 2.18. The zero-order valence-electron chi connectivity index (χ0n) is 56.7. The summed E-state index contributed by atoms with van der Waals surface area (Å²) in [4.78, 5) is 24.6. The van der Waals surface area contributed by atoms with Crippen LogP contribution in [0.25, 0.3) is 0 Å². The Bertz CT molecular complexity index is 1260. The average Bonchev–Trinajstić information content (AvgIpc) is 3.49. The predicted molar refractivity (Wildman–Crippen MR) is 366 cm³/mol. The summed E-state index contributed by atoms with van der Waals surface area (Å²) in [5.41, 5.74) is 0. The Morgan fingerprint density at radius 1 is 0.325 bits per heavy atom. The van der Waals surface area contributed by atoms with Gasteiger partial charge in [-0.3, -0.25) is 9.59 Å². The number of hydrogen-bond donors (Lipinski definition) is 3. The standard InChI is InChI=1S/C77H151NO5/c1-3-5-7-9-11-13-15-17-42-45-49-53-57-61-65-69-75(80)74(73-79)78-76(81)70-66-62-58-54-50-46-43-40-38-36-34-32-30-28-26-24-22-20-19-21-23-25-27-29-31-33-35-37-39-41-44-48-52-56-60-64-68-72-83-77(82)71-67-63-59-55-51-47-18-16-14-12-10-8-6-4-2/h65,69,74-75,79-80H,3-64,66-68,70-73H2,1-2H3,(H,78,81)/b69-65+. The van der Waals surface area contributed by atoms with Crippen LogP contribution in [0.5, 0.6) is 0 Å².